The number of sulfone groups is 1. The minimum atomic E-state index is -5.68. The Kier molecular flexibility index (Phi) is 11.6. The predicted octanol–water partition coefficient (Wildman–Crippen LogP) is 8.70. The molecule has 0 amide bonds. The molecule has 0 aliphatic rings. The van der Waals surface area contributed by atoms with Crippen LogP contribution in [0.5, 0.6) is 11.5 Å². The van der Waals surface area contributed by atoms with Crippen molar-refractivity contribution in [1.29, 1.82) is 0 Å². The molecule has 10 heteroatoms. The molecule has 0 spiro atoms. The number of hydrogen-bond donors (Lipinski definition) is 1. The summed E-state index contributed by atoms with van der Waals surface area (Å²) in [6.07, 6.45) is -5.86. The van der Waals surface area contributed by atoms with Crippen molar-refractivity contribution in [1.82, 2.24) is 0 Å². The molecule has 0 heterocycles. The predicted molar refractivity (Wildman–Crippen MR) is 155 cm³/mol. The van der Waals surface area contributed by atoms with Gasteiger partial charge in [-0.05, 0) is 84.2 Å². The number of benzene rings is 3. The Hall–Kier alpha value is -3.40. The normalized spacial score (nSPS) is 13.1. The van der Waals surface area contributed by atoms with E-state index in [0.717, 1.165) is 34.3 Å². The molecular formula is C32H35F5O4S. The van der Waals surface area contributed by atoms with Gasteiger partial charge in [-0.2, -0.15) is 22.0 Å². The third-order valence-corrected chi connectivity index (χ3v) is 8.63. The van der Waals surface area contributed by atoms with Gasteiger partial charge in [0, 0.05) is 6.42 Å². The summed E-state index contributed by atoms with van der Waals surface area (Å²) < 4.78 is 92.4. The van der Waals surface area contributed by atoms with E-state index in [1.807, 2.05) is 54.6 Å². The van der Waals surface area contributed by atoms with Crippen molar-refractivity contribution in [2.75, 3.05) is 18.1 Å². The summed E-state index contributed by atoms with van der Waals surface area (Å²) in [5.74, 6) is -5.04. The number of hydrogen-bond acceptors (Lipinski definition) is 4. The van der Waals surface area contributed by atoms with Crippen molar-refractivity contribution in [2.24, 2.45) is 0 Å². The van der Waals surface area contributed by atoms with Crippen molar-refractivity contribution in [3.63, 3.8) is 0 Å². The highest BCUT2D eigenvalue weighted by Crippen LogP contribution is 2.39. The number of alkyl halides is 5. The first kappa shape index (κ1) is 33.1. The number of allylic oxidation sites excluding steroid dienone is 1. The molecule has 4 nitrogen and oxygen atoms in total. The molecule has 3 aromatic carbocycles. The number of halogens is 5. The molecule has 42 heavy (non-hydrogen) atoms. The van der Waals surface area contributed by atoms with Crippen LogP contribution in [0, 0.1) is 0 Å². The molecule has 0 saturated carbocycles. The summed E-state index contributed by atoms with van der Waals surface area (Å²) in [7, 11) is -3.72. The third-order valence-electron chi connectivity index (χ3n) is 6.81. The molecule has 0 aliphatic carbocycles. The smallest absolute Gasteiger partial charge is 0.453 e. The quantitative estimate of drug-likeness (QED) is 0.106. The third kappa shape index (κ3) is 9.58. The number of unbranched alkanes of at least 4 members (excludes halogenated alkanes) is 2. The van der Waals surface area contributed by atoms with Crippen molar-refractivity contribution in [3.8, 4) is 11.5 Å². The van der Waals surface area contributed by atoms with E-state index in [9.17, 15) is 35.5 Å². The number of phenols is 1. The van der Waals surface area contributed by atoms with Crippen LogP contribution >= 0.6 is 0 Å². The van der Waals surface area contributed by atoms with Crippen molar-refractivity contribution >= 4 is 21.0 Å². The molecule has 0 aliphatic heterocycles. The van der Waals surface area contributed by atoms with Gasteiger partial charge in [-0.1, -0.05) is 61.5 Å². The van der Waals surface area contributed by atoms with Gasteiger partial charge in [0.05, 0.1) is 18.1 Å². The van der Waals surface area contributed by atoms with Crippen molar-refractivity contribution in [2.45, 2.75) is 57.5 Å². The van der Waals surface area contributed by atoms with Crippen LogP contribution in [0.25, 0.3) is 11.1 Å². The fourth-order valence-corrected chi connectivity index (χ4v) is 6.01. The molecule has 0 saturated heterocycles. The summed E-state index contributed by atoms with van der Waals surface area (Å²) in [4.78, 5) is 0. The molecule has 0 aromatic heterocycles. The summed E-state index contributed by atoms with van der Waals surface area (Å²) in [5.41, 5.74) is 5.24. The lowest BCUT2D eigenvalue weighted by Crippen LogP contribution is -2.36. The van der Waals surface area contributed by atoms with E-state index >= 15 is 0 Å². The van der Waals surface area contributed by atoms with Crippen LogP contribution in [0.3, 0.4) is 0 Å². The number of aromatic hydroxyl groups is 1. The maximum atomic E-state index is 13.0. The van der Waals surface area contributed by atoms with Crippen LogP contribution in [0.4, 0.5) is 22.0 Å². The van der Waals surface area contributed by atoms with E-state index in [2.05, 4.69) is 19.1 Å². The molecule has 0 unspecified atom stereocenters. The fraction of sp³-hybridized carbons (Fsp3) is 0.375. The van der Waals surface area contributed by atoms with Crippen LogP contribution in [-0.2, 0) is 9.84 Å². The molecule has 0 fully saturated rings. The molecular weight excluding hydrogens is 575 g/mol. The van der Waals surface area contributed by atoms with Gasteiger partial charge in [-0.25, -0.2) is 8.42 Å². The maximum Gasteiger partial charge on any atom is 0.453 e. The topological polar surface area (TPSA) is 63.6 Å². The molecule has 0 radical (unpaired) electrons. The van der Waals surface area contributed by atoms with Gasteiger partial charge in [0.25, 0.3) is 0 Å². The minimum Gasteiger partial charge on any atom is -0.508 e. The van der Waals surface area contributed by atoms with Gasteiger partial charge in [-0.3, -0.25) is 0 Å². The van der Waals surface area contributed by atoms with E-state index in [4.69, 9.17) is 4.74 Å². The molecule has 3 aromatic rings. The van der Waals surface area contributed by atoms with E-state index in [0.29, 0.717) is 25.2 Å². The minimum absolute atomic E-state index is 0.183. The summed E-state index contributed by atoms with van der Waals surface area (Å²) in [6, 6.07) is 24.8. The van der Waals surface area contributed by atoms with E-state index in [1.165, 1.54) is 0 Å². The zero-order valence-corrected chi connectivity index (χ0v) is 24.2. The van der Waals surface area contributed by atoms with E-state index < -0.39 is 40.5 Å². The van der Waals surface area contributed by atoms with Gasteiger partial charge < -0.3 is 9.84 Å². The van der Waals surface area contributed by atoms with Gasteiger partial charge in [0.2, 0.25) is 0 Å². The highest BCUT2D eigenvalue weighted by Gasteiger charge is 2.56. The van der Waals surface area contributed by atoms with Gasteiger partial charge >= 0.3 is 12.1 Å². The second-order valence-corrected chi connectivity index (χ2v) is 12.3. The first-order chi connectivity index (χ1) is 19.8. The zero-order chi connectivity index (χ0) is 30.8. The Bertz CT molecular complexity index is 1400. The second-order valence-electron chi connectivity index (χ2n) is 10.0. The zero-order valence-electron chi connectivity index (χ0n) is 23.3. The maximum absolute atomic E-state index is 13.0. The monoisotopic (exact) mass is 610 g/mol. The lowest BCUT2D eigenvalue weighted by Gasteiger charge is -2.19. The number of phenolic OH excluding ortho intramolecular Hbond substituents is 1. The first-order valence-electron chi connectivity index (χ1n) is 13.8. The SMILES string of the molecule is CC/C(=C(/c1ccc(O)cc1)c1ccc(OCCCCCS(=O)(=O)CCCC(F)(F)C(F)(F)F)cc1)c1ccccc1. The Morgan fingerprint density at radius 1 is 0.738 bits per heavy atom. The number of ether oxygens (including phenoxy) is 1. The van der Waals surface area contributed by atoms with Crippen LogP contribution in [0.2, 0.25) is 0 Å². The first-order valence-corrected chi connectivity index (χ1v) is 15.6. The van der Waals surface area contributed by atoms with Crippen molar-refractivity contribution < 1.29 is 40.2 Å². The van der Waals surface area contributed by atoms with Gasteiger partial charge in [0.1, 0.15) is 21.3 Å². The van der Waals surface area contributed by atoms with Gasteiger partial charge in [-0.15, -0.1) is 0 Å². The molecule has 228 valence electrons. The van der Waals surface area contributed by atoms with E-state index in [1.54, 1.807) is 12.1 Å². The van der Waals surface area contributed by atoms with E-state index in [-0.39, 0.29) is 17.9 Å². The lowest BCUT2D eigenvalue weighted by atomic mass is 9.88. The second kappa shape index (κ2) is 14.7. The van der Waals surface area contributed by atoms with Crippen LogP contribution in [0.1, 0.15) is 62.1 Å². The standard InChI is InChI=1S/C32H35F5O4S/c1-2-29(24-10-5-3-6-11-24)30(25-12-16-27(38)17-13-25)26-14-18-28(19-15-26)41-21-7-4-8-22-42(39,40)23-9-20-31(33,34)32(35,36)37/h3,5-6,10-19,38H,2,4,7-9,20-23H2,1H3/b30-29+. The average molecular weight is 611 g/mol. The molecule has 1 N–H and O–H groups in total. The summed E-state index contributed by atoms with van der Waals surface area (Å²) in [6.45, 7) is 2.43. The Morgan fingerprint density at radius 2 is 1.31 bits per heavy atom. The highest BCUT2D eigenvalue weighted by molar-refractivity contribution is 7.91. The average Bonchev–Trinajstić information content (AvgIpc) is 2.94. The number of rotatable bonds is 15. The summed E-state index contributed by atoms with van der Waals surface area (Å²) >= 11 is 0. The van der Waals surface area contributed by atoms with Crippen molar-refractivity contribution in [3.05, 3.63) is 95.6 Å². The molecule has 0 bridgehead atoms. The van der Waals surface area contributed by atoms with Crippen LogP contribution in [-0.4, -0.2) is 43.7 Å². The molecule has 0 atom stereocenters. The van der Waals surface area contributed by atoms with Gasteiger partial charge in [0.15, 0.2) is 0 Å². The Balaban J connectivity index is 1.54. The Labute approximate surface area is 243 Å². The fourth-order valence-electron chi connectivity index (χ4n) is 4.57. The highest BCUT2D eigenvalue weighted by atomic mass is 32.2. The largest absolute Gasteiger partial charge is 0.508 e. The molecule has 3 rings (SSSR count). The summed E-state index contributed by atoms with van der Waals surface area (Å²) in [5, 5.41) is 9.80. The lowest BCUT2D eigenvalue weighted by molar-refractivity contribution is -0.284. The Morgan fingerprint density at radius 3 is 1.88 bits per heavy atom. The van der Waals surface area contributed by atoms with Crippen LogP contribution in [0.15, 0.2) is 78.9 Å². The van der Waals surface area contributed by atoms with Crippen LogP contribution < -0.4 is 4.74 Å².